The van der Waals surface area contributed by atoms with E-state index in [9.17, 15) is 4.39 Å². The predicted octanol–water partition coefficient (Wildman–Crippen LogP) is 4.68. The van der Waals surface area contributed by atoms with E-state index in [0.29, 0.717) is 42.0 Å². The molecular formula is C23H29ClFN5OS. The van der Waals surface area contributed by atoms with Crippen LogP contribution in [0.25, 0.3) is 0 Å². The van der Waals surface area contributed by atoms with Crippen molar-refractivity contribution in [3.63, 3.8) is 0 Å². The molecule has 0 unspecified atom stereocenters. The van der Waals surface area contributed by atoms with Crippen LogP contribution in [-0.4, -0.2) is 47.4 Å². The van der Waals surface area contributed by atoms with Gasteiger partial charge in [0.15, 0.2) is 5.11 Å². The minimum absolute atomic E-state index is 0.179. The van der Waals surface area contributed by atoms with Crippen LogP contribution >= 0.6 is 23.8 Å². The molecule has 2 aliphatic rings. The predicted molar refractivity (Wildman–Crippen MR) is 130 cm³/mol. The quantitative estimate of drug-likeness (QED) is 0.478. The van der Waals surface area contributed by atoms with E-state index in [1.54, 1.807) is 6.07 Å². The number of rotatable bonds is 5. The topological polar surface area (TPSA) is 62.3 Å². The van der Waals surface area contributed by atoms with Crippen LogP contribution in [0.5, 0.6) is 0 Å². The standard InChI is InChI=1S/C23H29ClFN5OS/c1-16-4-2-3-11-30(16)20-14-19(24)27-21(28-20)29-22(32)26-15-23(9-12-31-13-10-23)17-5-7-18(25)8-6-17/h5-8,14,16H,2-4,9-13,15H2,1H3,(H2,26,27,28,29,32)/t16-/m0/s1. The summed E-state index contributed by atoms with van der Waals surface area (Å²) in [7, 11) is 0. The fourth-order valence-electron chi connectivity index (χ4n) is 4.58. The average molecular weight is 478 g/mol. The Kier molecular flexibility index (Phi) is 7.43. The lowest BCUT2D eigenvalue weighted by atomic mass is 9.74. The van der Waals surface area contributed by atoms with Gasteiger partial charge >= 0.3 is 0 Å². The zero-order valence-electron chi connectivity index (χ0n) is 18.2. The molecule has 0 saturated carbocycles. The van der Waals surface area contributed by atoms with Crippen LogP contribution in [0.1, 0.15) is 44.6 Å². The number of hydrogen-bond donors (Lipinski definition) is 2. The summed E-state index contributed by atoms with van der Waals surface area (Å²) in [5, 5.41) is 7.22. The van der Waals surface area contributed by atoms with Gasteiger partial charge in [-0.25, -0.2) is 9.37 Å². The lowest BCUT2D eigenvalue weighted by Crippen LogP contribution is -2.45. The van der Waals surface area contributed by atoms with Crippen LogP contribution < -0.4 is 15.5 Å². The Morgan fingerprint density at radius 1 is 1.25 bits per heavy atom. The van der Waals surface area contributed by atoms with Gasteiger partial charge in [0.1, 0.15) is 16.8 Å². The van der Waals surface area contributed by atoms with Crippen molar-refractivity contribution in [3.05, 3.63) is 46.9 Å². The van der Waals surface area contributed by atoms with Crippen LogP contribution in [-0.2, 0) is 10.2 Å². The second-order valence-corrected chi connectivity index (χ2v) is 9.41. The zero-order valence-corrected chi connectivity index (χ0v) is 19.8. The molecule has 2 fully saturated rings. The average Bonchev–Trinajstić information content (AvgIpc) is 2.79. The number of nitrogens with one attached hydrogen (secondary N) is 2. The molecule has 2 aliphatic heterocycles. The molecule has 0 spiro atoms. The molecule has 2 N–H and O–H groups in total. The van der Waals surface area contributed by atoms with Crippen molar-refractivity contribution in [2.45, 2.75) is 50.5 Å². The van der Waals surface area contributed by atoms with Crippen molar-refractivity contribution in [1.29, 1.82) is 0 Å². The Balaban J connectivity index is 1.44. The third-order valence-corrected chi connectivity index (χ3v) is 6.94. The number of halogens is 2. The summed E-state index contributed by atoms with van der Waals surface area (Å²) in [4.78, 5) is 11.2. The van der Waals surface area contributed by atoms with Gasteiger partial charge in [0, 0.05) is 43.8 Å². The highest BCUT2D eigenvalue weighted by molar-refractivity contribution is 7.80. The largest absolute Gasteiger partial charge is 0.381 e. The van der Waals surface area contributed by atoms with Crippen LogP contribution in [0.3, 0.4) is 0 Å². The van der Waals surface area contributed by atoms with Crippen molar-refractivity contribution in [1.82, 2.24) is 15.3 Å². The summed E-state index contributed by atoms with van der Waals surface area (Å²) in [6, 6.07) is 8.93. The number of piperidine rings is 1. The van der Waals surface area contributed by atoms with Gasteiger partial charge < -0.3 is 20.3 Å². The van der Waals surface area contributed by atoms with Gasteiger partial charge in [0.25, 0.3) is 0 Å². The summed E-state index contributed by atoms with van der Waals surface area (Å²) in [6.07, 6.45) is 5.18. The Hall–Kier alpha value is -2.03. The van der Waals surface area contributed by atoms with Crippen molar-refractivity contribution in [3.8, 4) is 0 Å². The molecule has 172 valence electrons. The SMILES string of the molecule is C[C@H]1CCCCN1c1cc(Cl)nc(NC(=S)NCC2(c3ccc(F)cc3)CCOCC2)n1. The van der Waals surface area contributed by atoms with E-state index >= 15 is 0 Å². The van der Waals surface area contributed by atoms with Crippen molar-refractivity contribution in [2.24, 2.45) is 0 Å². The van der Waals surface area contributed by atoms with Crippen LogP contribution in [0.2, 0.25) is 5.15 Å². The van der Waals surface area contributed by atoms with Gasteiger partial charge in [0.05, 0.1) is 0 Å². The molecule has 1 atom stereocenters. The maximum absolute atomic E-state index is 13.5. The normalized spacial score (nSPS) is 20.6. The number of ether oxygens (including phenoxy) is 1. The maximum Gasteiger partial charge on any atom is 0.232 e. The maximum atomic E-state index is 13.5. The second-order valence-electron chi connectivity index (χ2n) is 8.62. The number of anilines is 2. The molecule has 3 heterocycles. The fourth-order valence-corrected chi connectivity index (χ4v) is 4.92. The molecular weight excluding hydrogens is 449 g/mol. The van der Waals surface area contributed by atoms with Gasteiger partial charge in [-0.1, -0.05) is 23.7 Å². The van der Waals surface area contributed by atoms with Gasteiger partial charge in [-0.3, -0.25) is 0 Å². The van der Waals surface area contributed by atoms with E-state index in [0.717, 1.165) is 43.6 Å². The molecule has 0 aliphatic carbocycles. The smallest absolute Gasteiger partial charge is 0.232 e. The summed E-state index contributed by atoms with van der Waals surface area (Å²) in [6.45, 7) is 5.09. The highest BCUT2D eigenvalue weighted by Crippen LogP contribution is 2.34. The number of nitrogens with zero attached hydrogens (tertiary/aromatic N) is 3. The molecule has 1 aromatic heterocycles. The van der Waals surface area contributed by atoms with E-state index in [1.165, 1.54) is 18.6 Å². The molecule has 2 saturated heterocycles. The molecule has 1 aromatic carbocycles. The van der Waals surface area contributed by atoms with E-state index in [1.807, 2.05) is 12.1 Å². The van der Waals surface area contributed by atoms with E-state index in [4.69, 9.17) is 28.6 Å². The first-order chi connectivity index (χ1) is 15.4. The minimum Gasteiger partial charge on any atom is -0.381 e. The van der Waals surface area contributed by atoms with Gasteiger partial charge in [-0.05, 0) is 68.9 Å². The molecule has 2 aromatic rings. The fraction of sp³-hybridized carbons (Fsp3) is 0.522. The van der Waals surface area contributed by atoms with E-state index < -0.39 is 0 Å². The Morgan fingerprint density at radius 3 is 2.72 bits per heavy atom. The Bertz CT molecular complexity index is 938. The van der Waals surface area contributed by atoms with Gasteiger partial charge in [0.2, 0.25) is 5.95 Å². The Labute approximate surface area is 198 Å². The lowest BCUT2D eigenvalue weighted by Gasteiger charge is -2.38. The van der Waals surface area contributed by atoms with Crippen LogP contribution in [0.4, 0.5) is 16.2 Å². The summed E-state index contributed by atoms with van der Waals surface area (Å²) >= 11 is 11.8. The first kappa shape index (κ1) is 23.1. The Morgan fingerprint density at radius 2 is 2.00 bits per heavy atom. The summed E-state index contributed by atoms with van der Waals surface area (Å²) < 4.78 is 19.0. The second kappa shape index (κ2) is 10.3. The summed E-state index contributed by atoms with van der Waals surface area (Å²) in [5.74, 6) is 0.957. The third-order valence-electron chi connectivity index (χ3n) is 6.50. The minimum atomic E-state index is -0.238. The number of benzene rings is 1. The van der Waals surface area contributed by atoms with E-state index in [-0.39, 0.29) is 11.2 Å². The molecule has 0 radical (unpaired) electrons. The highest BCUT2D eigenvalue weighted by atomic mass is 35.5. The van der Waals surface area contributed by atoms with Crippen molar-refractivity contribution >= 4 is 40.7 Å². The van der Waals surface area contributed by atoms with Gasteiger partial charge in [-0.2, -0.15) is 4.98 Å². The molecule has 0 bridgehead atoms. The first-order valence-corrected chi connectivity index (χ1v) is 11.9. The van der Waals surface area contributed by atoms with E-state index in [2.05, 4.69) is 32.4 Å². The zero-order chi connectivity index (χ0) is 22.6. The lowest BCUT2D eigenvalue weighted by molar-refractivity contribution is 0.0515. The number of hydrogen-bond acceptors (Lipinski definition) is 5. The molecule has 9 heteroatoms. The summed E-state index contributed by atoms with van der Waals surface area (Å²) in [5.41, 5.74) is 0.902. The molecule has 32 heavy (non-hydrogen) atoms. The van der Waals surface area contributed by atoms with Crippen molar-refractivity contribution in [2.75, 3.05) is 36.5 Å². The number of thiocarbonyl (C=S) groups is 1. The van der Waals surface area contributed by atoms with Crippen LogP contribution in [0, 0.1) is 5.82 Å². The highest BCUT2D eigenvalue weighted by Gasteiger charge is 2.34. The van der Waals surface area contributed by atoms with Crippen molar-refractivity contribution < 1.29 is 9.13 Å². The third kappa shape index (κ3) is 5.47. The number of aromatic nitrogens is 2. The molecule has 0 amide bonds. The van der Waals surface area contributed by atoms with Gasteiger partial charge in [-0.15, -0.1) is 0 Å². The molecule has 4 rings (SSSR count). The van der Waals surface area contributed by atoms with Crippen LogP contribution in [0.15, 0.2) is 30.3 Å². The molecule has 6 nitrogen and oxygen atoms in total. The first-order valence-electron chi connectivity index (χ1n) is 11.2. The monoisotopic (exact) mass is 477 g/mol.